The molecule has 2 aromatic carbocycles. The van der Waals surface area contributed by atoms with Gasteiger partial charge >= 0.3 is 17.0 Å². The molecular weight excluding hydrogens is 284 g/mol. The molecule has 0 saturated carbocycles. The van der Waals surface area contributed by atoms with Gasteiger partial charge in [-0.05, 0) is 17.5 Å². The molecule has 0 saturated heterocycles. The van der Waals surface area contributed by atoms with E-state index in [4.69, 9.17) is 15.3 Å². The molecule has 3 N–H and O–H groups in total. The Morgan fingerprint density at radius 3 is 2.50 bits per heavy atom. The van der Waals surface area contributed by atoms with E-state index in [0.717, 1.165) is 9.99 Å². The van der Waals surface area contributed by atoms with Gasteiger partial charge in [-0.2, -0.15) is 0 Å². The van der Waals surface area contributed by atoms with Crippen LogP contribution < -0.4 is 10.2 Å². The first kappa shape index (κ1) is 14.1. The van der Waals surface area contributed by atoms with Gasteiger partial charge < -0.3 is 15.3 Å². The third-order valence-corrected chi connectivity index (χ3v) is 3.67. The first-order chi connectivity index (χ1) is 10.4. The summed E-state index contributed by atoms with van der Waals surface area (Å²) in [5, 5.41) is 9.10. The van der Waals surface area contributed by atoms with Crippen molar-refractivity contribution in [2.24, 2.45) is 0 Å². The van der Waals surface area contributed by atoms with Crippen LogP contribution in [-0.2, 0) is 0 Å². The van der Waals surface area contributed by atoms with Crippen molar-refractivity contribution in [1.82, 2.24) is 0 Å². The molecule has 0 aliphatic heterocycles. The zero-order valence-electron chi connectivity index (χ0n) is 12.2. The van der Waals surface area contributed by atoms with Gasteiger partial charge in [0.25, 0.3) is 0 Å². The van der Waals surface area contributed by atoms with Gasteiger partial charge in [-0.3, -0.25) is 0 Å². The fraction of sp³-hybridized carbons (Fsp3) is 0.188. The van der Waals surface area contributed by atoms with E-state index < -0.39 is 5.97 Å². The number of carbonyl (C=O) groups is 1. The zero-order chi connectivity index (χ0) is 16.0. The second-order valence-corrected chi connectivity index (χ2v) is 5.49. The molecule has 3 rings (SSSR count). The summed E-state index contributed by atoms with van der Waals surface area (Å²) in [5.74, 6) is -0.887. The monoisotopic (exact) mass is 299 g/mol. The lowest BCUT2D eigenvalue weighted by molar-refractivity contribution is -0.433. The van der Waals surface area contributed by atoms with E-state index in [9.17, 15) is 9.70 Å². The minimum absolute atomic E-state index is 0.0270. The Balaban J connectivity index is 2.41. The van der Waals surface area contributed by atoms with Gasteiger partial charge in [0, 0.05) is 23.1 Å². The van der Waals surface area contributed by atoms with E-state index in [1.54, 1.807) is 12.1 Å². The summed E-state index contributed by atoms with van der Waals surface area (Å²) >= 11 is 0. The van der Waals surface area contributed by atoms with Crippen molar-refractivity contribution in [3.05, 3.63) is 46.4 Å². The van der Waals surface area contributed by atoms with Crippen molar-refractivity contribution in [3.8, 4) is 0 Å². The van der Waals surface area contributed by atoms with Crippen molar-refractivity contribution >= 4 is 33.9 Å². The molecule has 0 atom stereocenters. The van der Waals surface area contributed by atoms with Crippen LogP contribution in [0.4, 0.5) is 5.69 Å². The van der Waals surface area contributed by atoms with Crippen LogP contribution in [0.2, 0.25) is 0 Å². The normalized spacial score (nSPS) is 11.4. The van der Waals surface area contributed by atoms with Gasteiger partial charge in [-0.15, -0.1) is 0 Å². The topological polar surface area (TPSA) is 99.4 Å². The first-order valence-electron chi connectivity index (χ1n) is 6.84. The second kappa shape index (κ2) is 4.84. The average molecular weight is 299 g/mol. The number of anilines is 1. The number of carboxylic acids is 1. The quantitative estimate of drug-likeness (QED) is 0.430. The SMILES string of the molecule is CC(C)c1ccc2oc3cc(C(=O)O)c(N)cc3[n+](=O)c2c1. The molecule has 0 unspecified atom stereocenters. The summed E-state index contributed by atoms with van der Waals surface area (Å²) in [7, 11) is 0. The minimum atomic E-state index is -1.16. The number of benzene rings is 2. The molecule has 1 heterocycles. The van der Waals surface area contributed by atoms with Crippen molar-refractivity contribution in [1.29, 1.82) is 0 Å². The maximum atomic E-state index is 12.5. The van der Waals surface area contributed by atoms with Gasteiger partial charge in [-0.1, -0.05) is 19.9 Å². The minimum Gasteiger partial charge on any atom is -0.478 e. The number of hydrogen-bond donors (Lipinski definition) is 2. The number of nitrogens with zero attached hydrogens (tertiary/aromatic N) is 1. The summed E-state index contributed by atoms with van der Waals surface area (Å²) in [6.07, 6.45) is 0. The number of rotatable bonds is 2. The van der Waals surface area contributed by atoms with Crippen molar-refractivity contribution in [3.63, 3.8) is 0 Å². The molecule has 0 bridgehead atoms. The highest BCUT2D eigenvalue weighted by Gasteiger charge is 2.21. The number of nitrogen functional groups attached to an aromatic ring is 1. The van der Waals surface area contributed by atoms with Crippen LogP contribution in [0.1, 0.15) is 35.7 Å². The highest BCUT2D eigenvalue weighted by Crippen LogP contribution is 2.25. The average Bonchev–Trinajstić information content (AvgIpc) is 2.47. The lowest BCUT2D eigenvalue weighted by atomic mass is 10.0. The van der Waals surface area contributed by atoms with Crippen LogP contribution in [0.15, 0.2) is 34.7 Å². The Morgan fingerprint density at radius 1 is 1.18 bits per heavy atom. The highest BCUT2D eigenvalue weighted by atomic mass is 16.4. The third kappa shape index (κ3) is 2.09. The van der Waals surface area contributed by atoms with Gasteiger partial charge in [-0.25, -0.2) is 4.79 Å². The molecular formula is C16H15N2O4+. The second-order valence-electron chi connectivity index (χ2n) is 5.49. The maximum absolute atomic E-state index is 12.5. The summed E-state index contributed by atoms with van der Waals surface area (Å²) in [6, 6.07) is 7.98. The number of aromatic carboxylic acids is 1. The highest BCUT2D eigenvalue weighted by molar-refractivity contribution is 5.98. The fourth-order valence-corrected chi connectivity index (χ4v) is 2.40. The fourth-order valence-electron chi connectivity index (χ4n) is 2.40. The molecule has 1 aromatic heterocycles. The first-order valence-corrected chi connectivity index (χ1v) is 6.84. The molecule has 0 aliphatic carbocycles. The molecule has 6 heteroatoms. The largest absolute Gasteiger partial charge is 0.478 e. The van der Waals surface area contributed by atoms with E-state index in [1.165, 1.54) is 12.1 Å². The zero-order valence-corrected chi connectivity index (χ0v) is 12.2. The molecule has 0 spiro atoms. The molecule has 0 fully saturated rings. The van der Waals surface area contributed by atoms with E-state index in [2.05, 4.69) is 0 Å². The number of hydrogen-bond acceptors (Lipinski definition) is 4. The van der Waals surface area contributed by atoms with Crippen LogP contribution in [0.25, 0.3) is 22.2 Å². The predicted molar refractivity (Wildman–Crippen MR) is 82.5 cm³/mol. The van der Waals surface area contributed by atoms with Crippen LogP contribution in [0.3, 0.4) is 0 Å². The summed E-state index contributed by atoms with van der Waals surface area (Å²) < 4.78 is 6.39. The van der Waals surface area contributed by atoms with E-state index in [1.807, 2.05) is 19.9 Å². The Labute approximate surface area is 125 Å². The Morgan fingerprint density at radius 2 is 1.86 bits per heavy atom. The molecule has 112 valence electrons. The molecule has 22 heavy (non-hydrogen) atoms. The lowest BCUT2D eigenvalue weighted by Crippen LogP contribution is -2.17. The Hall–Kier alpha value is -2.89. The van der Waals surface area contributed by atoms with Gasteiger partial charge in [0.15, 0.2) is 0 Å². The van der Waals surface area contributed by atoms with Crippen molar-refractivity contribution in [2.45, 2.75) is 19.8 Å². The summed E-state index contributed by atoms with van der Waals surface area (Å²) in [5.41, 5.74) is 7.84. The lowest BCUT2D eigenvalue weighted by Gasteiger charge is -2.04. The Bertz CT molecular complexity index is 973. The van der Waals surface area contributed by atoms with Crippen LogP contribution in [0, 0.1) is 4.91 Å². The Kier molecular flexibility index (Phi) is 3.09. The molecule has 0 amide bonds. The van der Waals surface area contributed by atoms with Gasteiger partial charge in [0.05, 0.1) is 15.7 Å². The van der Waals surface area contributed by atoms with Crippen LogP contribution in [-0.4, -0.2) is 11.1 Å². The molecule has 3 aromatic rings. The van der Waals surface area contributed by atoms with E-state index in [-0.39, 0.29) is 28.3 Å². The molecule has 6 nitrogen and oxygen atoms in total. The van der Waals surface area contributed by atoms with Gasteiger partial charge in [0.1, 0.15) is 0 Å². The van der Waals surface area contributed by atoms with Crippen LogP contribution >= 0.6 is 0 Å². The van der Waals surface area contributed by atoms with Crippen molar-refractivity contribution in [2.75, 3.05) is 5.73 Å². The number of nitrogens with two attached hydrogens (primary N) is 1. The maximum Gasteiger partial charge on any atom is 0.337 e. The van der Waals surface area contributed by atoms with Gasteiger partial charge in [0.2, 0.25) is 11.2 Å². The number of fused-ring (bicyclic) bond motifs is 2. The van der Waals surface area contributed by atoms with Crippen LogP contribution in [0.5, 0.6) is 0 Å². The number of carboxylic acid groups (broad SMARTS) is 1. The third-order valence-electron chi connectivity index (χ3n) is 3.67. The number of aromatic nitrogens is 1. The predicted octanol–water partition coefficient (Wildman–Crippen LogP) is 2.90. The summed E-state index contributed by atoms with van der Waals surface area (Å²) in [6.45, 7) is 4.07. The summed E-state index contributed by atoms with van der Waals surface area (Å²) in [4.78, 5) is 23.7. The smallest absolute Gasteiger partial charge is 0.337 e. The van der Waals surface area contributed by atoms with E-state index in [0.29, 0.717) is 11.1 Å². The molecule has 0 radical (unpaired) electrons. The van der Waals surface area contributed by atoms with E-state index >= 15 is 0 Å². The molecule has 0 aliphatic rings. The van der Waals surface area contributed by atoms with Crippen molar-refractivity contribution < 1.29 is 18.7 Å². The standard InChI is InChI=1S/C16H14N2O4/c1-8(2)9-3-4-14-12(5-9)18(21)13-7-11(17)10(16(19)20)6-15(13)22-14/h3-8H,17H2,1-2H3/p+1.